The van der Waals surface area contributed by atoms with Crippen LogP contribution in [0.4, 0.5) is 0 Å². The van der Waals surface area contributed by atoms with Gasteiger partial charge in [0.25, 0.3) is 0 Å². The van der Waals surface area contributed by atoms with Gasteiger partial charge in [-0.3, -0.25) is 0 Å². The van der Waals surface area contributed by atoms with E-state index in [9.17, 15) is 10.5 Å². The van der Waals surface area contributed by atoms with Gasteiger partial charge in [0.2, 0.25) is 0 Å². The Balaban J connectivity index is 2.44. The van der Waals surface area contributed by atoms with E-state index in [2.05, 4.69) is 36.7 Å². The molecule has 100 valence electrons. The largest absolute Gasteiger partial charge is 0.386 e. The van der Waals surface area contributed by atoms with E-state index >= 15 is 0 Å². The van der Waals surface area contributed by atoms with Crippen LogP contribution in [0.15, 0.2) is 15.6 Å². The van der Waals surface area contributed by atoms with Gasteiger partial charge < -0.3 is 10.6 Å². The summed E-state index contributed by atoms with van der Waals surface area (Å²) < 4.78 is 0. The molecule has 0 aromatic carbocycles. The molecule has 0 aliphatic carbocycles. The molecule has 1 unspecified atom stereocenters. The molecule has 0 amide bonds. The van der Waals surface area contributed by atoms with Crippen molar-refractivity contribution < 1.29 is 4.90 Å². The van der Waals surface area contributed by atoms with Gasteiger partial charge in [0.05, 0.1) is 37.3 Å². The molecule has 1 saturated heterocycles. The summed E-state index contributed by atoms with van der Waals surface area (Å²) in [4.78, 5) is 5.56. The number of likely N-dealkylation sites (tertiary alicyclic amines) is 1. The highest BCUT2D eigenvalue weighted by molar-refractivity contribution is 7.84. The third-order valence-electron chi connectivity index (χ3n) is 4.40. The second kappa shape index (κ2) is 5.24. The molecule has 2 aliphatic rings. The number of quaternary nitrogens is 1. The number of piperidine rings is 1. The topological polar surface area (TPSA) is 90.4 Å². The first-order valence-corrected chi connectivity index (χ1v) is 6.94. The summed E-state index contributed by atoms with van der Waals surface area (Å²) in [5, 5.41) is 19.2. The van der Waals surface area contributed by atoms with Crippen molar-refractivity contribution in [1.29, 1.82) is 10.5 Å². The lowest BCUT2D eigenvalue weighted by Gasteiger charge is -2.43. The Morgan fingerprint density at radius 3 is 2.58 bits per heavy atom. The van der Waals surface area contributed by atoms with Crippen molar-refractivity contribution >= 4 is 18.5 Å². The number of allylic oxidation sites excluding steroid dienone is 1. The average Bonchev–Trinajstić information content (AvgIpc) is 2.40. The third-order valence-corrected chi connectivity index (χ3v) is 4.72. The fourth-order valence-electron chi connectivity index (χ4n) is 3.19. The zero-order valence-corrected chi connectivity index (χ0v) is 11.9. The zero-order chi connectivity index (χ0) is 14.0. The smallest absolute Gasteiger partial charge is 0.119 e. The molecule has 0 bridgehead atoms. The monoisotopic (exact) mass is 276 g/mol. The van der Waals surface area contributed by atoms with E-state index in [0.29, 0.717) is 16.4 Å². The molecule has 1 fully saturated rings. The Hall–Kier alpha value is -1.50. The van der Waals surface area contributed by atoms with Gasteiger partial charge in [-0.05, 0) is 6.92 Å². The Morgan fingerprint density at radius 1 is 1.47 bits per heavy atom. The van der Waals surface area contributed by atoms with Gasteiger partial charge >= 0.3 is 0 Å². The van der Waals surface area contributed by atoms with E-state index in [-0.39, 0.29) is 0 Å². The number of hydrogen-bond acceptors (Lipinski definition) is 5. The van der Waals surface area contributed by atoms with Gasteiger partial charge in [-0.15, -0.1) is 12.6 Å². The number of thiol groups is 1. The first kappa shape index (κ1) is 13.9. The number of nitrogens with zero attached hydrogens (tertiary/aromatic N) is 3. The maximum atomic E-state index is 9.43. The molecular formula is C13H18N5S+. The maximum Gasteiger partial charge on any atom is 0.119 e. The molecule has 1 spiro atoms. The third kappa shape index (κ3) is 2.11. The summed E-state index contributed by atoms with van der Waals surface area (Å²) in [6.45, 7) is 5.12. The summed E-state index contributed by atoms with van der Waals surface area (Å²) in [5.74, 6) is -0.206. The van der Waals surface area contributed by atoms with Crippen LogP contribution in [-0.4, -0.2) is 25.5 Å². The van der Waals surface area contributed by atoms with Crippen molar-refractivity contribution in [3.63, 3.8) is 0 Å². The van der Waals surface area contributed by atoms with E-state index in [1.54, 1.807) is 0 Å². The van der Waals surface area contributed by atoms with Crippen molar-refractivity contribution in [3.05, 3.63) is 10.6 Å². The summed E-state index contributed by atoms with van der Waals surface area (Å²) >= 11 is 4.28. The van der Waals surface area contributed by atoms with Crippen LogP contribution in [0.3, 0.4) is 0 Å². The SMILES string of the molecule is CC[NH+]1CCC2(CC1)C(C#N)=C(S)N=C(N)C2C#N. The van der Waals surface area contributed by atoms with E-state index in [1.165, 1.54) is 4.90 Å². The molecule has 0 radical (unpaired) electrons. The van der Waals surface area contributed by atoms with Crippen molar-refractivity contribution in [2.45, 2.75) is 19.8 Å². The number of hydrogen-bond donors (Lipinski definition) is 3. The minimum absolute atomic E-state index is 0.298. The molecule has 0 aromatic rings. The van der Waals surface area contributed by atoms with Gasteiger partial charge in [-0.1, -0.05) is 0 Å². The number of nitrogens with two attached hydrogens (primary N) is 1. The predicted molar refractivity (Wildman–Crippen MR) is 75.3 cm³/mol. The molecule has 2 aliphatic heterocycles. The Kier molecular flexibility index (Phi) is 3.84. The van der Waals surface area contributed by atoms with E-state index < -0.39 is 11.3 Å². The quantitative estimate of drug-likeness (QED) is 0.582. The number of nitriles is 2. The van der Waals surface area contributed by atoms with Crippen molar-refractivity contribution in [2.24, 2.45) is 22.1 Å². The Labute approximate surface area is 118 Å². The minimum atomic E-state index is -0.503. The molecule has 0 saturated carbocycles. The summed E-state index contributed by atoms with van der Waals surface area (Å²) in [6, 6.07) is 4.46. The molecule has 1 atom stereocenters. The molecule has 6 heteroatoms. The van der Waals surface area contributed by atoms with E-state index in [4.69, 9.17) is 5.73 Å². The van der Waals surface area contributed by atoms with Crippen LogP contribution in [0.25, 0.3) is 0 Å². The van der Waals surface area contributed by atoms with Crippen LogP contribution in [0.2, 0.25) is 0 Å². The lowest BCUT2D eigenvalue weighted by molar-refractivity contribution is -0.905. The van der Waals surface area contributed by atoms with Crippen LogP contribution in [-0.2, 0) is 0 Å². The lowest BCUT2D eigenvalue weighted by Crippen LogP contribution is -3.13. The lowest BCUT2D eigenvalue weighted by atomic mass is 9.63. The predicted octanol–water partition coefficient (Wildman–Crippen LogP) is -0.153. The van der Waals surface area contributed by atoms with E-state index in [0.717, 1.165) is 32.5 Å². The Morgan fingerprint density at radius 2 is 2.11 bits per heavy atom. The molecule has 2 rings (SSSR count). The number of rotatable bonds is 1. The van der Waals surface area contributed by atoms with Crippen molar-refractivity contribution in [2.75, 3.05) is 19.6 Å². The normalized spacial score (nSPS) is 34.6. The fourth-order valence-corrected chi connectivity index (χ4v) is 3.57. The number of nitrogens with one attached hydrogen (secondary N) is 1. The van der Waals surface area contributed by atoms with Gasteiger partial charge in [0.15, 0.2) is 0 Å². The van der Waals surface area contributed by atoms with E-state index in [1.807, 2.05) is 0 Å². The van der Waals surface area contributed by atoms with Crippen LogP contribution in [0.1, 0.15) is 19.8 Å². The Bertz CT molecular complexity index is 514. The molecule has 0 aromatic heterocycles. The second-order valence-electron chi connectivity index (χ2n) is 5.17. The number of amidine groups is 1. The molecular weight excluding hydrogens is 258 g/mol. The van der Waals surface area contributed by atoms with Gasteiger partial charge in [0, 0.05) is 18.3 Å². The highest BCUT2D eigenvalue weighted by Crippen LogP contribution is 2.47. The minimum Gasteiger partial charge on any atom is -0.386 e. The highest BCUT2D eigenvalue weighted by atomic mass is 32.1. The highest BCUT2D eigenvalue weighted by Gasteiger charge is 2.51. The van der Waals surface area contributed by atoms with Gasteiger partial charge in [-0.2, -0.15) is 10.5 Å². The van der Waals surface area contributed by atoms with Crippen LogP contribution >= 0.6 is 12.6 Å². The van der Waals surface area contributed by atoms with Crippen molar-refractivity contribution in [3.8, 4) is 12.1 Å². The maximum absolute atomic E-state index is 9.43. The zero-order valence-electron chi connectivity index (χ0n) is 11.0. The molecule has 5 nitrogen and oxygen atoms in total. The molecule has 19 heavy (non-hydrogen) atoms. The molecule has 3 N–H and O–H groups in total. The van der Waals surface area contributed by atoms with Crippen LogP contribution in [0, 0.1) is 34.0 Å². The van der Waals surface area contributed by atoms with Crippen LogP contribution < -0.4 is 10.6 Å². The molecule has 2 heterocycles. The van der Waals surface area contributed by atoms with Crippen LogP contribution in [0.5, 0.6) is 0 Å². The van der Waals surface area contributed by atoms with Gasteiger partial charge in [0.1, 0.15) is 16.8 Å². The standard InChI is InChI=1S/C13H17N5S/c1-2-18-5-3-13(4-6-18)9(7-14)11(16)17-12(19)10(13)8-15/h9,19H,2-6H2,1H3,(H2,16,17)/p+1. The first-order chi connectivity index (χ1) is 9.08. The second-order valence-corrected chi connectivity index (χ2v) is 5.59. The van der Waals surface area contributed by atoms with Crippen molar-refractivity contribution in [1.82, 2.24) is 0 Å². The van der Waals surface area contributed by atoms with Gasteiger partial charge in [-0.25, -0.2) is 4.99 Å². The summed E-state index contributed by atoms with van der Waals surface area (Å²) in [6.07, 6.45) is 1.58. The summed E-state index contributed by atoms with van der Waals surface area (Å²) in [5.41, 5.74) is 5.95. The average molecular weight is 276 g/mol. The number of aliphatic imine (C=N–C) groups is 1. The fraction of sp³-hybridized carbons (Fsp3) is 0.615. The summed E-state index contributed by atoms with van der Waals surface area (Å²) in [7, 11) is 0. The first-order valence-electron chi connectivity index (χ1n) is 6.50.